The first kappa shape index (κ1) is 64.8. The third-order valence-electron chi connectivity index (χ3n) is 12.4. The van der Waals surface area contributed by atoms with E-state index in [0.29, 0.717) is 19.3 Å². The lowest BCUT2D eigenvalue weighted by Crippen LogP contribution is -2.46. The summed E-state index contributed by atoms with van der Waals surface area (Å²) >= 11 is 0. The normalized spacial score (nSPS) is 13.9. The molecule has 0 heterocycles. The molecule has 0 aromatic heterocycles. The molecule has 0 saturated carbocycles. The van der Waals surface area contributed by atoms with Crippen LogP contribution in [0.5, 0.6) is 0 Å². The van der Waals surface area contributed by atoms with E-state index in [1.165, 1.54) is 109 Å². The summed E-state index contributed by atoms with van der Waals surface area (Å²) in [4.78, 5) is 26.2. The number of unbranched alkanes of at least 4 members (excludes halogenated alkanes) is 22. The molecule has 0 rings (SSSR count). The number of esters is 1. The van der Waals surface area contributed by atoms with Crippen LogP contribution in [0.25, 0.3) is 0 Å². The second-order valence-electron chi connectivity index (χ2n) is 19.0. The molecule has 0 saturated heterocycles. The van der Waals surface area contributed by atoms with Gasteiger partial charge in [-0.25, -0.2) is 0 Å². The Morgan fingerprint density at radius 2 is 0.809 bits per heavy atom. The van der Waals surface area contributed by atoms with Crippen molar-refractivity contribution in [3.63, 3.8) is 0 Å². The Morgan fingerprint density at radius 1 is 0.441 bits per heavy atom. The minimum absolute atomic E-state index is 0.0221. The topological polar surface area (TPSA) is 95.9 Å². The standard InChI is InChI=1S/C62H107NO5/c1-4-7-10-13-16-19-22-25-28-30-31-32-34-37-40-43-46-49-52-55-62(67)68-58(53-50-47-44-41-38-35-27-24-21-18-15-12-9-6-3)56-61(66)63-59(57-64)60(65)54-51-48-45-42-39-36-33-29-26-23-20-17-14-11-8-5-2/h9,12,16,18-19,21,25,27-28,31-32,35,37,40-41,44,58-60,64-65H,4-8,10-11,13-15,17,20,22-24,26,29-30,33-34,36,38-39,42-43,45-57H2,1-3H3,(H,63,66)/b12-9+,19-16-,21-18+,28-25-,32-31-,35-27+,40-37-,44-41+. The van der Waals surface area contributed by atoms with Crippen molar-refractivity contribution in [3.05, 3.63) is 97.2 Å². The number of aliphatic hydroxyl groups excluding tert-OH is 2. The van der Waals surface area contributed by atoms with Gasteiger partial charge in [-0.15, -0.1) is 0 Å². The summed E-state index contributed by atoms with van der Waals surface area (Å²) in [5, 5.41) is 23.9. The van der Waals surface area contributed by atoms with E-state index >= 15 is 0 Å². The number of aliphatic hydroxyl groups is 2. The van der Waals surface area contributed by atoms with Crippen molar-refractivity contribution < 1.29 is 24.5 Å². The van der Waals surface area contributed by atoms with E-state index in [4.69, 9.17) is 4.74 Å². The molecule has 0 aliphatic heterocycles. The fourth-order valence-electron chi connectivity index (χ4n) is 8.12. The quantitative estimate of drug-likeness (QED) is 0.0321. The SMILES string of the molecule is CC/C=C/C/C=C/C/C=C/C/C=C/CCCC(CC(=O)NC(CO)C(O)CCCCCCCCCCCCCCCCCC)OC(=O)CCCCC/C=C\C/C=C\C/C=C\C/C=C\CCCCC. The first-order valence-corrected chi connectivity index (χ1v) is 28.5. The number of carbonyl (C=O) groups is 2. The largest absolute Gasteiger partial charge is 0.462 e. The van der Waals surface area contributed by atoms with Gasteiger partial charge in [0.1, 0.15) is 6.10 Å². The number of hydrogen-bond donors (Lipinski definition) is 3. The Kier molecular flexibility index (Phi) is 52.1. The van der Waals surface area contributed by atoms with E-state index in [1.54, 1.807) is 0 Å². The van der Waals surface area contributed by atoms with Gasteiger partial charge in [0, 0.05) is 6.42 Å². The monoisotopic (exact) mass is 946 g/mol. The van der Waals surface area contributed by atoms with E-state index in [-0.39, 0.29) is 24.9 Å². The highest BCUT2D eigenvalue weighted by Gasteiger charge is 2.24. The molecule has 390 valence electrons. The lowest BCUT2D eigenvalue weighted by molar-refractivity contribution is -0.151. The average molecular weight is 947 g/mol. The zero-order chi connectivity index (χ0) is 49.5. The van der Waals surface area contributed by atoms with Gasteiger partial charge in [-0.3, -0.25) is 9.59 Å². The van der Waals surface area contributed by atoms with Crippen LogP contribution in [0.3, 0.4) is 0 Å². The smallest absolute Gasteiger partial charge is 0.306 e. The molecule has 0 aromatic rings. The van der Waals surface area contributed by atoms with Crippen LogP contribution in [-0.2, 0) is 14.3 Å². The van der Waals surface area contributed by atoms with Crippen molar-refractivity contribution in [2.45, 2.75) is 277 Å². The number of carbonyl (C=O) groups excluding carboxylic acids is 2. The molecule has 0 aliphatic rings. The highest BCUT2D eigenvalue weighted by molar-refractivity contribution is 5.77. The van der Waals surface area contributed by atoms with E-state index in [0.717, 1.165) is 103 Å². The summed E-state index contributed by atoms with van der Waals surface area (Å²) in [6.07, 6.45) is 73.3. The maximum Gasteiger partial charge on any atom is 0.306 e. The molecule has 3 unspecified atom stereocenters. The van der Waals surface area contributed by atoms with Crippen LogP contribution in [0.1, 0.15) is 258 Å². The van der Waals surface area contributed by atoms with Gasteiger partial charge in [0.05, 0.1) is 25.2 Å². The van der Waals surface area contributed by atoms with Gasteiger partial charge >= 0.3 is 5.97 Å². The fraction of sp³-hybridized carbons (Fsp3) is 0.710. The Balaban J connectivity index is 4.67. The predicted octanol–water partition coefficient (Wildman–Crippen LogP) is 17.7. The van der Waals surface area contributed by atoms with Crippen molar-refractivity contribution in [3.8, 4) is 0 Å². The molecule has 0 bridgehead atoms. The van der Waals surface area contributed by atoms with E-state index in [1.807, 2.05) is 0 Å². The van der Waals surface area contributed by atoms with E-state index < -0.39 is 18.2 Å². The first-order chi connectivity index (χ1) is 33.5. The van der Waals surface area contributed by atoms with Crippen molar-refractivity contribution in [1.29, 1.82) is 0 Å². The van der Waals surface area contributed by atoms with Crippen molar-refractivity contribution in [2.24, 2.45) is 0 Å². The molecule has 6 heteroatoms. The lowest BCUT2D eigenvalue weighted by atomic mass is 10.0. The van der Waals surface area contributed by atoms with E-state index in [2.05, 4.69) is 123 Å². The zero-order valence-electron chi connectivity index (χ0n) is 44.5. The van der Waals surface area contributed by atoms with Crippen LogP contribution in [0.4, 0.5) is 0 Å². The van der Waals surface area contributed by atoms with Crippen LogP contribution in [0.2, 0.25) is 0 Å². The molecule has 0 fully saturated rings. The number of hydrogen-bond acceptors (Lipinski definition) is 5. The average Bonchev–Trinajstić information content (AvgIpc) is 3.33. The number of ether oxygens (including phenoxy) is 1. The van der Waals surface area contributed by atoms with Crippen LogP contribution < -0.4 is 5.32 Å². The third-order valence-corrected chi connectivity index (χ3v) is 12.4. The summed E-state index contributed by atoms with van der Waals surface area (Å²) in [6.45, 7) is 6.33. The van der Waals surface area contributed by atoms with Gasteiger partial charge in [0.15, 0.2) is 0 Å². The highest BCUT2D eigenvalue weighted by atomic mass is 16.5. The fourth-order valence-corrected chi connectivity index (χ4v) is 8.12. The number of nitrogens with one attached hydrogen (secondary N) is 1. The predicted molar refractivity (Wildman–Crippen MR) is 296 cm³/mol. The number of amides is 1. The molecule has 0 radical (unpaired) electrons. The zero-order valence-corrected chi connectivity index (χ0v) is 44.5. The van der Waals surface area contributed by atoms with Crippen LogP contribution in [0.15, 0.2) is 97.2 Å². The Labute approximate surface area is 420 Å². The third kappa shape index (κ3) is 49.2. The molecular formula is C62H107NO5. The van der Waals surface area contributed by atoms with E-state index in [9.17, 15) is 19.8 Å². The summed E-state index contributed by atoms with van der Waals surface area (Å²) < 4.78 is 5.91. The summed E-state index contributed by atoms with van der Waals surface area (Å²) in [5.74, 6) is -0.568. The van der Waals surface area contributed by atoms with Gasteiger partial charge in [-0.05, 0) is 103 Å². The molecule has 0 aromatic carbocycles. The van der Waals surface area contributed by atoms with Crippen molar-refractivity contribution in [2.75, 3.05) is 6.61 Å². The first-order valence-electron chi connectivity index (χ1n) is 28.5. The number of rotatable bonds is 50. The van der Waals surface area contributed by atoms with Crippen molar-refractivity contribution in [1.82, 2.24) is 5.32 Å². The molecule has 0 spiro atoms. The van der Waals surface area contributed by atoms with Gasteiger partial charge in [0.25, 0.3) is 0 Å². The molecule has 1 amide bonds. The molecule has 6 nitrogen and oxygen atoms in total. The van der Waals surface area contributed by atoms with Gasteiger partial charge in [-0.2, -0.15) is 0 Å². The molecule has 3 N–H and O–H groups in total. The molecule has 0 aliphatic carbocycles. The minimum Gasteiger partial charge on any atom is -0.462 e. The molecule has 68 heavy (non-hydrogen) atoms. The summed E-state index contributed by atoms with van der Waals surface area (Å²) in [5.41, 5.74) is 0. The van der Waals surface area contributed by atoms with Gasteiger partial charge < -0.3 is 20.3 Å². The Hall–Kier alpha value is -3.22. The maximum absolute atomic E-state index is 13.3. The maximum atomic E-state index is 13.3. The van der Waals surface area contributed by atoms with Gasteiger partial charge in [-0.1, -0.05) is 240 Å². The van der Waals surface area contributed by atoms with Gasteiger partial charge in [0.2, 0.25) is 5.91 Å². The summed E-state index contributed by atoms with van der Waals surface area (Å²) in [7, 11) is 0. The number of allylic oxidation sites excluding steroid dienone is 16. The van der Waals surface area contributed by atoms with Crippen LogP contribution in [0, 0.1) is 0 Å². The van der Waals surface area contributed by atoms with Crippen LogP contribution >= 0.6 is 0 Å². The second kappa shape index (κ2) is 54.7. The highest BCUT2D eigenvalue weighted by Crippen LogP contribution is 2.17. The summed E-state index contributed by atoms with van der Waals surface area (Å²) in [6, 6.07) is -0.732. The lowest BCUT2D eigenvalue weighted by Gasteiger charge is -2.24. The Morgan fingerprint density at radius 3 is 1.25 bits per heavy atom. The Bertz CT molecular complexity index is 1340. The minimum atomic E-state index is -0.814. The molecule has 3 atom stereocenters. The molecular weight excluding hydrogens is 839 g/mol. The second-order valence-corrected chi connectivity index (χ2v) is 19.0. The van der Waals surface area contributed by atoms with Crippen LogP contribution in [-0.4, -0.2) is 46.9 Å². The van der Waals surface area contributed by atoms with Crippen molar-refractivity contribution >= 4 is 11.9 Å².